The maximum atomic E-state index is 5.74. The molecule has 0 aromatic carbocycles. The first-order valence-corrected chi connectivity index (χ1v) is 3.41. The number of allylic oxidation sites excluding steroid dienone is 4. The Bertz CT molecular complexity index is 273. The summed E-state index contributed by atoms with van der Waals surface area (Å²) in [7, 11) is 0. The van der Waals surface area contributed by atoms with E-state index in [2.05, 4.69) is 10.2 Å². The van der Waals surface area contributed by atoms with Crippen molar-refractivity contribution in [2.45, 2.75) is 0 Å². The number of hydrogen-bond acceptors (Lipinski definition) is 2. The molecule has 0 saturated carbocycles. The van der Waals surface area contributed by atoms with Gasteiger partial charge in [-0.25, -0.2) is 0 Å². The van der Waals surface area contributed by atoms with Gasteiger partial charge in [-0.2, -0.15) is 5.10 Å². The topological polar surface area (TPSA) is 24.7 Å². The van der Waals surface area contributed by atoms with Crippen LogP contribution in [0.1, 0.15) is 0 Å². The lowest BCUT2D eigenvalue weighted by atomic mass is 10.0. The van der Waals surface area contributed by atoms with Crippen LogP contribution in [0.4, 0.5) is 0 Å². The molecule has 3 heteroatoms. The third kappa shape index (κ3) is 0.727. The van der Waals surface area contributed by atoms with Crippen molar-refractivity contribution in [3.63, 3.8) is 0 Å². The van der Waals surface area contributed by atoms with Gasteiger partial charge < -0.3 is 0 Å². The summed E-state index contributed by atoms with van der Waals surface area (Å²) in [6.45, 7) is 0. The second kappa shape index (κ2) is 2.06. The minimum Gasteiger partial charge on any atom is -0.153 e. The lowest BCUT2D eigenvalue weighted by Gasteiger charge is -2.04. The maximum absolute atomic E-state index is 5.74. The highest BCUT2D eigenvalue weighted by atomic mass is 35.5. The molecule has 50 valence electrons. The standard InChI is InChI=1S/C7H5ClN2/c8-7-5-3-1-2-4-6(5)9-10-7/h1-5H. The number of fused-ring (bicyclic) bond motifs is 1. The summed E-state index contributed by atoms with van der Waals surface area (Å²) in [6.07, 6.45) is 7.79. The molecule has 0 saturated heterocycles. The Kier molecular flexibility index (Phi) is 1.21. The molecule has 2 nitrogen and oxygen atoms in total. The van der Waals surface area contributed by atoms with Gasteiger partial charge in [-0.15, -0.1) is 5.10 Å². The molecule has 1 aliphatic heterocycles. The molecular formula is C7H5ClN2. The van der Waals surface area contributed by atoms with Crippen LogP contribution in [0.15, 0.2) is 34.5 Å². The Morgan fingerprint density at radius 2 is 2.20 bits per heavy atom. The van der Waals surface area contributed by atoms with Crippen LogP contribution in [0.25, 0.3) is 0 Å². The van der Waals surface area contributed by atoms with Crippen molar-refractivity contribution in [3.05, 3.63) is 24.3 Å². The summed E-state index contributed by atoms with van der Waals surface area (Å²) in [4.78, 5) is 0. The van der Waals surface area contributed by atoms with Gasteiger partial charge in [0.05, 0.1) is 11.6 Å². The normalized spacial score (nSPS) is 27.9. The quantitative estimate of drug-likeness (QED) is 0.505. The predicted molar refractivity (Wildman–Crippen MR) is 42.5 cm³/mol. The molecule has 1 heterocycles. The predicted octanol–water partition coefficient (Wildman–Crippen LogP) is 1.74. The van der Waals surface area contributed by atoms with E-state index in [1.165, 1.54) is 0 Å². The van der Waals surface area contributed by atoms with E-state index in [0.717, 1.165) is 5.71 Å². The summed E-state index contributed by atoms with van der Waals surface area (Å²) in [5.74, 6) is 0.131. The van der Waals surface area contributed by atoms with Crippen molar-refractivity contribution in [2.75, 3.05) is 0 Å². The first-order valence-electron chi connectivity index (χ1n) is 3.04. The number of hydrogen-bond donors (Lipinski definition) is 0. The molecule has 1 unspecified atom stereocenters. The molecule has 1 aliphatic carbocycles. The summed E-state index contributed by atoms with van der Waals surface area (Å²) < 4.78 is 0. The van der Waals surface area contributed by atoms with Crippen LogP contribution in [-0.2, 0) is 0 Å². The molecule has 0 aromatic rings. The molecule has 10 heavy (non-hydrogen) atoms. The van der Waals surface area contributed by atoms with Gasteiger partial charge in [0, 0.05) is 0 Å². The summed E-state index contributed by atoms with van der Waals surface area (Å²) in [5, 5.41) is 8.19. The van der Waals surface area contributed by atoms with E-state index in [-0.39, 0.29) is 5.92 Å². The van der Waals surface area contributed by atoms with Gasteiger partial charge >= 0.3 is 0 Å². The zero-order valence-electron chi connectivity index (χ0n) is 5.16. The Balaban J connectivity index is 2.39. The van der Waals surface area contributed by atoms with Crippen LogP contribution in [0, 0.1) is 5.92 Å². The average Bonchev–Trinajstić information content (AvgIpc) is 2.34. The van der Waals surface area contributed by atoms with Crippen LogP contribution in [-0.4, -0.2) is 10.9 Å². The summed E-state index contributed by atoms with van der Waals surface area (Å²) >= 11 is 5.74. The van der Waals surface area contributed by atoms with Gasteiger partial charge in [-0.1, -0.05) is 29.8 Å². The van der Waals surface area contributed by atoms with Crippen molar-refractivity contribution in [3.8, 4) is 0 Å². The molecular weight excluding hydrogens is 148 g/mol. The van der Waals surface area contributed by atoms with Gasteiger partial charge in [-0.05, 0) is 6.08 Å². The van der Waals surface area contributed by atoms with E-state index < -0.39 is 0 Å². The SMILES string of the molecule is ClC1=NN=C2C=CC=CC12. The van der Waals surface area contributed by atoms with E-state index in [9.17, 15) is 0 Å². The molecule has 0 radical (unpaired) electrons. The van der Waals surface area contributed by atoms with E-state index >= 15 is 0 Å². The van der Waals surface area contributed by atoms with E-state index in [0.29, 0.717) is 5.17 Å². The summed E-state index contributed by atoms with van der Waals surface area (Å²) in [6, 6.07) is 0. The summed E-state index contributed by atoms with van der Waals surface area (Å²) in [5.41, 5.74) is 0.938. The van der Waals surface area contributed by atoms with Crippen molar-refractivity contribution >= 4 is 22.5 Å². The second-order valence-electron chi connectivity index (χ2n) is 2.17. The minimum atomic E-state index is 0.131. The highest BCUT2D eigenvalue weighted by Gasteiger charge is 2.22. The molecule has 0 bridgehead atoms. The van der Waals surface area contributed by atoms with Gasteiger partial charge in [0.1, 0.15) is 5.17 Å². The molecule has 0 aromatic heterocycles. The molecule has 0 N–H and O–H groups in total. The van der Waals surface area contributed by atoms with Gasteiger partial charge in [0.15, 0.2) is 0 Å². The Morgan fingerprint density at radius 3 is 3.00 bits per heavy atom. The van der Waals surface area contributed by atoms with Crippen molar-refractivity contribution in [1.82, 2.24) is 0 Å². The van der Waals surface area contributed by atoms with E-state index in [4.69, 9.17) is 11.6 Å². The molecule has 2 rings (SSSR count). The second-order valence-corrected chi connectivity index (χ2v) is 2.56. The van der Waals surface area contributed by atoms with Gasteiger partial charge in [-0.3, -0.25) is 0 Å². The van der Waals surface area contributed by atoms with Crippen molar-refractivity contribution < 1.29 is 0 Å². The fourth-order valence-electron chi connectivity index (χ4n) is 0.996. The number of nitrogens with zero attached hydrogens (tertiary/aromatic N) is 2. The Morgan fingerprint density at radius 1 is 1.30 bits per heavy atom. The molecule has 2 aliphatic rings. The fourth-order valence-corrected chi connectivity index (χ4v) is 1.22. The van der Waals surface area contributed by atoms with Crippen LogP contribution < -0.4 is 0 Å². The van der Waals surface area contributed by atoms with Gasteiger partial charge in [0.25, 0.3) is 0 Å². The Hall–Kier alpha value is -0.890. The molecule has 0 amide bonds. The highest BCUT2D eigenvalue weighted by molar-refractivity contribution is 6.68. The zero-order chi connectivity index (χ0) is 6.97. The highest BCUT2D eigenvalue weighted by Crippen LogP contribution is 2.19. The third-order valence-corrected chi connectivity index (χ3v) is 1.83. The maximum Gasteiger partial charge on any atom is 0.141 e. The number of rotatable bonds is 0. The van der Waals surface area contributed by atoms with Crippen molar-refractivity contribution in [2.24, 2.45) is 16.1 Å². The van der Waals surface area contributed by atoms with E-state index in [1.54, 1.807) is 0 Å². The fraction of sp³-hybridized carbons (Fsp3) is 0.143. The first-order chi connectivity index (χ1) is 4.88. The van der Waals surface area contributed by atoms with Crippen LogP contribution >= 0.6 is 11.6 Å². The zero-order valence-corrected chi connectivity index (χ0v) is 5.92. The Labute approximate surface area is 63.6 Å². The smallest absolute Gasteiger partial charge is 0.141 e. The lowest BCUT2D eigenvalue weighted by Crippen LogP contribution is -2.13. The first kappa shape index (κ1) is 5.86. The van der Waals surface area contributed by atoms with Crippen LogP contribution in [0.3, 0.4) is 0 Å². The third-order valence-electron chi connectivity index (χ3n) is 1.52. The van der Waals surface area contributed by atoms with Crippen LogP contribution in [0.2, 0.25) is 0 Å². The molecule has 0 fully saturated rings. The average molecular weight is 153 g/mol. The molecule has 0 spiro atoms. The minimum absolute atomic E-state index is 0.131. The molecule has 1 atom stereocenters. The van der Waals surface area contributed by atoms with Crippen molar-refractivity contribution in [1.29, 1.82) is 0 Å². The van der Waals surface area contributed by atoms with E-state index in [1.807, 2.05) is 24.3 Å². The van der Waals surface area contributed by atoms with Gasteiger partial charge in [0.2, 0.25) is 0 Å². The monoisotopic (exact) mass is 152 g/mol. The lowest BCUT2D eigenvalue weighted by molar-refractivity contribution is 1.26. The largest absolute Gasteiger partial charge is 0.153 e. The van der Waals surface area contributed by atoms with Crippen LogP contribution in [0.5, 0.6) is 0 Å². The number of halogens is 1.